The number of hydrogen-bond acceptors (Lipinski definition) is 2. The molecule has 3 nitrogen and oxygen atoms in total. The standard InChI is InChI=1S/C12H7BrFN3/c13-9-5-3-7-17-11(15-16-12(9)17)8-4-1-2-6-10(8)14/h1-7H. The zero-order valence-corrected chi connectivity index (χ0v) is 10.2. The molecule has 0 bridgehead atoms. The number of nitrogens with zero attached hydrogens (tertiary/aromatic N) is 3. The Balaban J connectivity index is 2.33. The van der Waals surface area contributed by atoms with Crippen LogP contribution in [0.3, 0.4) is 0 Å². The minimum atomic E-state index is -0.304. The van der Waals surface area contributed by atoms with Gasteiger partial charge in [-0.25, -0.2) is 4.39 Å². The van der Waals surface area contributed by atoms with Crippen LogP contribution in [0.5, 0.6) is 0 Å². The first kappa shape index (κ1) is 10.4. The molecular formula is C12H7BrFN3. The molecule has 0 spiro atoms. The molecule has 3 aromatic rings. The summed E-state index contributed by atoms with van der Waals surface area (Å²) in [5, 5.41) is 8.07. The molecule has 1 aromatic carbocycles. The number of pyridine rings is 1. The van der Waals surface area contributed by atoms with Crippen molar-refractivity contribution in [2.45, 2.75) is 0 Å². The molecule has 0 radical (unpaired) electrons. The molecule has 0 saturated carbocycles. The number of fused-ring (bicyclic) bond motifs is 1. The summed E-state index contributed by atoms with van der Waals surface area (Å²) < 4.78 is 16.3. The summed E-state index contributed by atoms with van der Waals surface area (Å²) in [7, 11) is 0. The van der Waals surface area contributed by atoms with Crippen molar-refractivity contribution < 1.29 is 4.39 Å². The van der Waals surface area contributed by atoms with E-state index in [0.29, 0.717) is 17.0 Å². The molecule has 0 atom stereocenters. The van der Waals surface area contributed by atoms with E-state index in [0.717, 1.165) is 4.47 Å². The Hall–Kier alpha value is -1.75. The Morgan fingerprint density at radius 3 is 2.71 bits per heavy atom. The first-order valence-electron chi connectivity index (χ1n) is 5.01. The van der Waals surface area contributed by atoms with Gasteiger partial charge in [-0.1, -0.05) is 12.1 Å². The van der Waals surface area contributed by atoms with E-state index in [1.165, 1.54) is 6.07 Å². The van der Waals surface area contributed by atoms with Gasteiger partial charge >= 0.3 is 0 Å². The molecule has 0 aliphatic rings. The van der Waals surface area contributed by atoms with Crippen molar-refractivity contribution in [1.29, 1.82) is 0 Å². The van der Waals surface area contributed by atoms with Gasteiger partial charge in [-0.2, -0.15) is 0 Å². The first-order chi connectivity index (χ1) is 8.27. The second-order valence-corrected chi connectivity index (χ2v) is 4.41. The van der Waals surface area contributed by atoms with Crippen LogP contribution >= 0.6 is 15.9 Å². The fourth-order valence-electron chi connectivity index (χ4n) is 1.71. The Morgan fingerprint density at radius 1 is 1.06 bits per heavy atom. The lowest BCUT2D eigenvalue weighted by atomic mass is 10.2. The molecule has 0 aliphatic carbocycles. The molecule has 0 saturated heterocycles. The van der Waals surface area contributed by atoms with Crippen LogP contribution in [0.25, 0.3) is 17.0 Å². The van der Waals surface area contributed by atoms with Gasteiger partial charge in [0.25, 0.3) is 0 Å². The van der Waals surface area contributed by atoms with Crippen molar-refractivity contribution in [2.24, 2.45) is 0 Å². The average Bonchev–Trinajstić information content (AvgIpc) is 2.75. The first-order valence-corrected chi connectivity index (χ1v) is 5.81. The largest absolute Gasteiger partial charge is 0.281 e. The van der Waals surface area contributed by atoms with Gasteiger partial charge < -0.3 is 0 Å². The van der Waals surface area contributed by atoms with Gasteiger partial charge in [-0.05, 0) is 40.2 Å². The van der Waals surface area contributed by atoms with Crippen molar-refractivity contribution in [3.8, 4) is 11.4 Å². The molecule has 3 rings (SSSR count). The fraction of sp³-hybridized carbons (Fsp3) is 0. The van der Waals surface area contributed by atoms with Crippen LogP contribution in [-0.2, 0) is 0 Å². The maximum Gasteiger partial charge on any atom is 0.175 e. The zero-order valence-electron chi connectivity index (χ0n) is 8.64. The highest BCUT2D eigenvalue weighted by molar-refractivity contribution is 9.10. The monoisotopic (exact) mass is 291 g/mol. The lowest BCUT2D eigenvalue weighted by Gasteiger charge is -2.01. The smallest absolute Gasteiger partial charge is 0.175 e. The number of hydrogen-bond donors (Lipinski definition) is 0. The van der Waals surface area contributed by atoms with E-state index in [9.17, 15) is 4.39 Å². The second-order valence-electron chi connectivity index (χ2n) is 3.55. The Labute approximate surface area is 105 Å². The molecule has 84 valence electrons. The maximum absolute atomic E-state index is 13.7. The van der Waals surface area contributed by atoms with Crippen LogP contribution in [0.15, 0.2) is 47.1 Å². The lowest BCUT2D eigenvalue weighted by molar-refractivity contribution is 0.629. The van der Waals surface area contributed by atoms with Gasteiger partial charge in [0.15, 0.2) is 11.5 Å². The molecule has 2 heterocycles. The van der Waals surface area contributed by atoms with Crippen molar-refractivity contribution >= 4 is 21.6 Å². The van der Waals surface area contributed by atoms with Crippen LogP contribution in [-0.4, -0.2) is 14.6 Å². The van der Waals surface area contributed by atoms with Crippen molar-refractivity contribution in [1.82, 2.24) is 14.6 Å². The Kier molecular flexibility index (Phi) is 2.40. The Morgan fingerprint density at radius 2 is 1.88 bits per heavy atom. The summed E-state index contributed by atoms with van der Waals surface area (Å²) in [6.45, 7) is 0. The van der Waals surface area contributed by atoms with E-state index >= 15 is 0 Å². The van der Waals surface area contributed by atoms with E-state index in [2.05, 4.69) is 26.1 Å². The topological polar surface area (TPSA) is 30.2 Å². The maximum atomic E-state index is 13.7. The number of benzene rings is 1. The van der Waals surface area contributed by atoms with Crippen molar-refractivity contribution in [3.05, 3.63) is 52.9 Å². The molecule has 0 N–H and O–H groups in total. The summed E-state index contributed by atoms with van der Waals surface area (Å²) in [5.41, 5.74) is 1.11. The van der Waals surface area contributed by atoms with E-state index in [4.69, 9.17) is 0 Å². The van der Waals surface area contributed by atoms with Gasteiger partial charge in [0, 0.05) is 6.20 Å². The minimum absolute atomic E-state index is 0.304. The van der Waals surface area contributed by atoms with Crippen LogP contribution in [0.1, 0.15) is 0 Å². The minimum Gasteiger partial charge on any atom is -0.281 e. The van der Waals surface area contributed by atoms with E-state index in [1.807, 2.05) is 18.3 Å². The van der Waals surface area contributed by atoms with E-state index in [-0.39, 0.29) is 5.82 Å². The predicted molar refractivity (Wildman–Crippen MR) is 66.1 cm³/mol. The molecule has 0 unspecified atom stereocenters. The third-order valence-corrected chi connectivity index (χ3v) is 3.12. The van der Waals surface area contributed by atoms with Gasteiger partial charge in [-0.15, -0.1) is 10.2 Å². The lowest BCUT2D eigenvalue weighted by Crippen LogP contribution is -1.91. The van der Waals surface area contributed by atoms with Crippen molar-refractivity contribution in [2.75, 3.05) is 0 Å². The highest BCUT2D eigenvalue weighted by Gasteiger charge is 2.12. The molecule has 0 aliphatic heterocycles. The molecule has 0 fully saturated rings. The number of rotatable bonds is 1. The molecule has 17 heavy (non-hydrogen) atoms. The average molecular weight is 292 g/mol. The fourth-order valence-corrected chi connectivity index (χ4v) is 2.13. The van der Waals surface area contributed by atoms with Crippen LogP contribution in [0, 0.1) is 5.82 Å². The van der Waals surface area contributed by atoms with Crippen LogP contribution in [0.4, 0.5) is 4.39 Å². The van der Waals surface area contributed by atoms with E-state index < -0.39 is 0 Å². The Bertz CT molecular complexity index is 693. The highest BCUT2D eigenvalue weighted by Crippen LogP contribution is 2.24. The third-order valence-electron chi connectivity index (χ3n) is 2.50. The normalized spacial score (nSPS) is 10.9. The number of aromatic nitrogens is 3. The second kappa shape index (κ2) is 3.92. The molecule has 5 heteroatoms. The van der Waals surface area contributed by atoms with Gasteiger partial charge in [0.1, 0.15) is 5.82 Å². The SMILES string of the molecule is Fc1ccccc1-c1nnc2c(Br)cccn12. The highest BCUT2D eigenvalue weighted by atomic mass is 79.9. The van der Waals surface area contributed by atoms with Gasteiger partial charge in [0.2, 0.25) is 0 Å². The van der Waals surface area contributed by atoms with Crippen LogP contribution < -0.4 is 0 Å². The number of halogens is 2. The predicted octanol–water partition coefficient (Wildman–Crippen LogP) is 3.30. The summed E-state index contributed by atoms with van der Waals surface area (Å²) in [6, 6.07) is 10.2. The molecule has 2 aromatic heterocycles. The summed E-state index contributed by atoms with van der Waals surface area (Å²) >= 11 is 3.38. The summed E-state index contributed by atoms with van der Waals surface area (Å²) in [4.78, 5) is 0. The van der Waals surface area contributed by atoms with Crippen molar-refractivity contribution in [3.63, 3.8) is 0 Å². The van der Waals surface area contributed by atoms with Gasteiger partial charge in [0.05, 0.1) is 10.0 Å². The van der Waals surface area contributed by atoms with E-state index in [1.54, 1.807) is 22.6 Å². The van der Waals surface area contributed by atoms with Crippen LogP contribution in [0.2, 0.25) is 0 Å². The summed E-state index contributed by atoms with van der Waals surface area (Å²) in [6.07, 6.45) is 1.81. The molecule has 0 amide bonds. The molecular weight excluding hydrogens is 285 g/mol. The summed E-state index contributed by atoms with van der Waals surface area (Å²) in [5.74, 6) is 0.196. The third kappa shape index (κ3) is 1.63. The van der Waals surface area contributed by atoms with Gasteiger partial charge in [-0.3, -0.25) is 4.40 Å². The quantitative estimate of drug-likeness (QED) is 0.689. The zero-order chi connectivity index (χ0) is 11.8.